The molecule has 20 heavy (non-hydrogen) atoms. The zero-order chi connectivity index (χ0) is 14.4. The van der Waals surface area contributed by atoms with Crippen LogP contribution in [-0.4, -0.2) is 59.8 Å². The highest BCUT2D eigenvalue weighted by atomic mass is 16.5. The minimum absolute atomic E-state index is 0.210. The monoisotopic (exact) mass is 279 g/mol. The number of carbonyl (C=O) groups is 1. The number of ether oxygens (including phenoxy) is 1. The smallest absolute Gasteiger partial charge is 0.337 e. The Morgan fingerprint density at radius 3 is 3.10 bits per heavy atom. The van der Waals surface area contributed by atoms with Gasteiger partial charge in [-0.2, -0.15) is 0 Å². The first kappa shape index (κ1) is 14.9. The van der Waals surface area contributed by atoms with Gasteiger partial charge in [0.1, 0.15) is 0 Å². The molecular weight excluding hydrogens is 258 g/mol. The molecule has 0 spiro atoms. The first-order chi connectivity index (χ1) is 9.69. The number of hydrogen-bond donors (Lipinski definition) is 2. The van der Waals surface area contributed by atoms with Crippen LogP contribution in [0.4, 0.5) is 0 Å². The highest BCUT2D eigenvalue weighted by Crippen LogP contribution is 2.04. The van der Waals surface area contributed by atoms with E-state index in [4.69, 9.17) is 9.84 Å². The molecule has 1 unspecified atom stereocenters. The number of aromatic carboxylic acids is 1. The average Bonchev–Trinajstić information content (AvgIpc) is 2.48. The molecule has 0 aromatic carbocycles. The minimum Gasteiger partial charge on any atom is -0.478 e. The van der Waals surface area contributed by atoms with Gasteiger partial charge < -0.3 is 15.2 Å². The molecule has 0 amide bonds. The zero-order valence-electron chi connectivity index (χ0n) is 11.7. The third-order valence-corrected chi connectivity index (χ3v) is 3.42. The van der Waals surface area contributed by atoms with Gasteiger partial charge in [-0.25, -0.2) is 4.79 Å². The third kappa shape index (κ3) is 4.26. The third-order valence-electron chi connectivity index (χ3n) is 3.42. The lowest BCUT2D eigenvalue weighted by atomic mass is 10.2. The van der Waals surface area contributed by atoms with E-state index in [0.29, 0.717) is 6.54 Å². The molecule has 1 aromatic rings. The molecule has 2 heterocycles. The van der Waals surface area contributed by atoms with Gasteiger partial charge in [-0.1, -0.05) is 6.92 Å². The van der Waals surface area contributed by atoms with Crippen LogP contribution in [0.25, 0.3) is 0 Å². The van der Waals surface area contributed by atoms with Crippen molar-refractivity contribution in [3.05, 3.63) is 29.6 Å². The maximum Gasteiger partial charge on any atom is 0.337 e. The largest absolute Gasteiger partial charge is 0.478 e. The zero-order valence-corrected chi connectivity index (χ0v) is 11.7. The summed E-state index contributed by atoms with van der Waals surface area (Å²) in [7, 11) is 0. The van der Waals surface area contributed by atoms with E-state index in [1.54, 1.807) is 12.1 Å². The van der Waals surface area contributed by atoms with E-state index in [9.17, 15) is 4.79 Å². The van der Waals surface area contributed by atoms with Gasteiger partial charge in [0, 0.05) is 32.4 Å². The van der Waals surface area contributed by atoms with Crippen LogP contribution in [0.3, 0.4) is 0 Å². The molecule has 6 heteroatoms. The van der Waals surface area contributed by atoms with Gasteiger partial charge >= 0.3 is 5.97 Å². The van der Waals surface area contributed by atoms with Crippen LogP contribution in [0.1, 0.15) is 23.0 Å². The summed E-state index contributed by atoms with van der Waals surface area (Å²) in [6.07, 6.45) is 1.59. The fourth-order valence-electron chi connectivity index (χ4n) is 2.21. The lowest BCUT2D eigenvalue weighted by Crippen LogP contribution is -2.46. The predicted molar refractivity (Wildman–Crippen MR) is 74.8 cm³/mol. The van der Waals surface area contributed by atoms with Gasteiger partial charge in [0.2, 0.25) is 0 Å². The van der Waals surface area contributed by atoms with Crippen molar-refractivity contribution >= 4 is 5.97 Å². The number of hydrogen-bond acceptors (Lipinski definition) is 5. The molecule has 2 N–H and O–H groups in total. The lowest BCUT2D eigenvalue weighted by molar-refractivity contribution is -0.0254. The van der Waals surface area contributed by atoms with Crippen LogP contribution in [0.5, 0.6) is 0 Å². The van der Waals surface area contributed by atoms with E-state index >= 15 is 0 Å². The molecule has 1 aliphatic heterocycles. The Hall–Kier alpha value is -1.50. The molecule has 110 valence electrons. The predicted octanol–water partition coefficient (Wildman–Crippen LogP) is 0.590. The minimum atomic E-state index is -0.952. The van der Waals surface area contributed by atoms with Crippen LogP contribution in [0.2, 0.25) is 0 Å². The SMILES string of the molecule is CCN1CCOC(CNCc2ccc(C(=O)O)cn2)C1. The molecule has 2 rings (SSSR count). The molecule has 6 nitrogen and oxygen atoms in total. The second-order valence-electron chi connectivity index (χ2n) is 4.86. The van der Waals surface area contributed by atoms with E-state index in [1.165, 1.54) is 6.20 Å². The summed E-state index contributed by atoms with van der Waals surface area (Å²) in [6, 6.07) is 3.30. The standard InChI is InChI=1S/C14H21N3O3/c1-2-17-5-6-20-13(10-17)9-15-8-12-4-3-11(7-16-12)14(18)19/h3-4,7,13,15H,2,5-6,8-10H2,1H3,(H,18,19). The molecule has 0 saturated carbocycles. The van der Waals surface area contributed by atoms with Gasteiger partial charge in [-0.15, -0.1) is 0 Å². The van der Waals surface area contributed by atoms with Crippen molar-refractivity contribution in [2.45, 2.75) is 19.6 Å². The van der Waals surface area contributed by atoms with Crippen LogP contribution < -0.4 is 5.32 Å². The van der Waals surface area contributed by atoms with Crippen LogP contribution >= 0.6 is 0 Å². The Labute approximate surface area is 118 Å². The summed E-state index contributed by atoms with van der Waals surface area (Å²) in [5, 5.41) is 12.1. The Kier molecular flexibility index (Phi) is 5.46. The summed E-state index contributed by atoms with van der Waals surface area (Å²) in [6.45, 7) is 7.35. The van der Waals surface area contributed by atoms with Gasteiger partial charge in [-0.3, -0.25) is 9.88 Å². The Bertz CT molecular complexity index is 436. The molecule has 1 fully saturated rings. The summed E-state index contributed by atoms with van der Waals surface area (Å²) >= 11 is 0. The number of pyridine rings is 1. The first-order valence-electron chi connectivity index (χ1n) is 6.92. The second kappa shape index (κ2) is 7.33. The molecule has 1 aliphatic rings. The maximum atomic E-state index is 10.7. The van der Waals surface area contributed by atoms with Crippen molar-refractivity contribution in [2.75, 3.05) is 32.8 Å². The highest BCUT2D eigenvalue weighted by Gasteiger charge is 2.18. The van der Waals surface area contributed by atoms with Crippen molar-refractivity contribution < 1.29 is 14.6 Å². The Morgan fingerprint density at radius 1 is 1.60 bits per heavy atom. The first-order valence-corrected chi connectivity index (χ1v) is 6.92. The molecular formula is C14H21N3O3. The Morgan fingerprint density at radius 2 is 2.45 bits per heavy atom. The molecule has 1 saturated heterocycles. The van der Waals surface area contributed by atoms with Crippen molar-refractivity contribution in [1.29, 1.82) is 0 Å². The van der Waals surface area contributed by atoms with Gasteiger partial charge in [0.15, 0.2) is 0 Å². The number of rotatable bonds is 6. The molecule has 0 bridgehead atoms. The number of aromatic nitrogens is 1. The van der Waals surface area contributed by atoms with E-state index in [0.717, 1.165) is 38.5 Å². The van der Waals surface area contributed by atoms with Crippen LogP contribution in [0.15, 0.2) is 18.3 Å². The quantitative estimate of drug-likeness (QED) is 0.794. The average molecular weight is 279 g/mol. The number of nitrogens with zero attached hydrogens (tertiary/aromatic N) is 2. The van der Waals surface area contributed by atoms with Gasteiger partial charge in [0.05, 0.1) is 24.0 Å². The Balaban J connectivity index is 1.74. The summed E-state index contributed by atoms with van der Waals surface area (Å²) in [4.78, 5) is 17.2. The summed E-state index contributed by atoms with van der Waals surface area (Å²) in [5.41, 5.74) is 1.04. The maximum absolute atomic E-state index is 10.7. The summed E-state index contributed by atoms with van der Waals surface area (Å²) in [5.74, 6) is -0.952. The molecule has 1 aromatic heterocycles. The number of likely N-dealkylation sites (N-methyl/N-ethyl adjacent to an activating group) is 1. The molecule has 0 radical (unpaired) electrons. The lowest BCUT2D eigenvalue weighted by Gasteiger charge is -2.32. The van der Waals surface area contributed by atoms with Crippen molar-refractivity contribution in [2.24, 2.45) is 0 Å². The van der Waals surface area contributed by atoms with Crippen molar-refractivity contribution in [3.63, 3.8) is 0 Å². The van der Waals surface area contributed by atoms with Gasteiger partial charge in [-0.05, 0) is 18.7 Å². The van der Waals surface area contributed by atoms with Crippen molar-refractivity contribution in [3.8, 4) is 0 Å². The summed E-state index contributed by atoms with van der Waals surface area (Å²) < 4.78 is 5.70. The second-order valence-corrected chi connectivity index (χ2v) is 4.86. The number of carboxylic acid groups (broad SMARTS) is 1. The number of morpholine rings is 1. The fraction of sp³-hybridized carbons (Fsp3) is 0.571. The van der Waals surface area contributed by atoms with Crippen LogP contribution in [-0.2, 0) is 11.3 Å². The molecule has 0 aliphatic carbocycles. The fourth-order valence-corrected chi connectivity index (χ4v) is 2.21. The molecule has 1 atom stereocenters. The van der Waals surface area contributed by atoms with E-state index in [2.05, 4.69) is 22.1 Å². The van der Waals surface area contributed by atoms with E-state index < -0.39 is 5.97 Å². The topological polar surface area (TPSA) is 74.7 Å². The highest BCUT2D eigenvalue weighted by molar-refractivity contribution is 5.87. The van der Waals surface area contributed by atoms with Crippen molar-refractivity contribution in [1.82, 2.24) is 15.2 Å². The number of carboxylic acids is 1. The van der Waals surface area contributed by atoms with Gasteiger partial charge in [0.25, 0.3) is 0 Å². The van der Waals surface area contributed by atoms with E-state index in [1.807, 2.05) is 0 Å². The normalized spacial score (nSPS) is 19.9. The van der Waals surface area contributed by atoms with Crippen LogP contribution in [0, 0.1) is 0 Å². The number of nitrogens with one attached hydrogen (secondary N) is 1. The van der Waals surface area contributed by atoms with E-state index in [-0.39, 0.29) is 11.7 Å².